The number of hydrogen-bond donors (Lipinski definition) is 0. The summed E-state index contributed by atoms with van der Waals surface area (Å²) in [6.07, 6.45) is 5.83. The van der Waals surface area contributed by atoms with E-state index in [0.717, 1.165) is 13.0 Å². The van der Waals surface area contributed by atoms with Gasteiger partial charge in [0.15, 0.2) is 0 Å². The average Bonchev–Trinajstić information content (AvgIpc) is 2.84. The third-order valence-corrected chi connectivity index (χ3v) is 4.03. The highest BCUT2D eigenvalue weighted by Gasteiger charge is 2.20. The Bertz CT molecular complexity index is 407. The molecule has 98 valence electrons. The van der Waals surface area contributed by atoms with Gasteiger partial charge in [-0.1, -0.05) is 37.1 Å². The summed E-state index contributed by atoms with van der Waals surface area (Å²) in [7, 11) is 1.92. The zero-order valence-electron chi connectivity index (χ0n) is 11.5. The fourth-order valence-corrected chi connectivity index (χ4v) is 2.75. The Morgan fingerprint density at radius 2 is 1.94 bits per heavy atom. The molecular formula is C16H23NO. The van der Waals surface area contributed by atoms with Crippen LogP contribution in [0.3, 0.4) is 0 Å². The van der Waals surface area contributed by atoms with Gasteiger partial charge in [-0.2, -0.15) is 0 Å². The van der Waals surface area contributed by atoms with E-state index in [9.17, 15) is 4.79 Å². The van der Waals surface area contributed by atoms with Gasteiger partial charge >= 0.3 is 0 Å². The summed E-state index contributed by atoms with van der Waals surface area (Å²) < 4.78 is 0. The van der Waals surface area contributed by atoms with Crippen molar-refractivity contribution in [2.75, 3.05) is 7.05 Å². The Kier molecular flexibility index (Phi) is 4.40. The standard InChI is InChI=1S/C16H23NO/c1-13-7-3-6-10-15(13)12-17(2)16(18)11-14-8-4-5-9-14/h3,6-7,10,14H,4-5,8-9,11-12H2,1-2H3. The smallest absolute Gasteiger partial charge is 0.222 e. The first kappa shape index (κ1) is 13.1. The van der Waals surface area contributed by atoms with Gasteiger partial charge in [-0.25, -0.2) is 0 Å². The number of carbonyl (C=O) groups excluding carboxylic acids is 1. The van der Waals surface area contributed by atoms with Crippen molar-refractivity contribution in [3.05, 3.63) is 35.4 Å². The molecular weight excluding hydrogens is 222 g/mol. The first-order valence-corrected chi connectivity index (χ1v) is 6.95. The number of amides is 1. The van der Waals surface area contributed by atoms with Crippen molar-refractivity contribution in [2.24, 2.45) is 5.92 Å². The lowest BCUT2D eigenvalue weighted by molar-refractivity contribution is -0.131. The predicted octanol–water partition coefficient (Wildman–Crippen LogP) is 3.53. The summed E-state index contributed by atoms with van der Waals surface area (Å²) in [4.78, 5) is 14.0. The van der Waals surface area contributed by atoms with Gasteiger partial charge in [0.05, 0.1) is 0 Å². The highest BCUT2D eigenvalue weighted by atomic mass is 16.2. The molecule has 0 bridgehead atoms. The minimum atomic E-state index is 0.296. The lowest BCUT2D eigenvalue weighted by atomic mass is 10.0. The topological polar surface area (TPSA) is 20.3 Å². The molecule has 2 nitrogen and oxygen atoms in total. The van der Waals surface area contributed by atoms with E-state index in [4.69, 9.17) is 0 Å². The first-order valence-electron chi connectivity index (χ1n) is 6.95. The van der Waals surface area contributed by atoms with Crippen LogP contribution in [0.1, 0.15) is 43.2 Å². The Hall–Kier alpha value is -1.31. The van der Waals surface area contributed by atoms with Gasteiger partial charge in [0.2, 0.25) is 5.91 Å². The second-order valence-corrected chi connectivity index (χ2v) is 5.53. The average molecular weight is 245 g/mol. The summed E-state index contributed by atoms with van der Waals surface area (Å²) in [5.74, 6) is 0.932. The summed E-state index contributed by atoms with van der Waals surface area (Å²) in [5, 5.41) is 0. The molecule has 1 aromatic rings. The maximum atomic E-state index is 12.1. The van der Waals surface area contributed by atoms with Crippen LogP contribution in [0.4, 0.5) is 0 Å². The van der Waals surface area contributed by atoms with E-state index in [1.165, 1.54) is 36.8 Å². The van der Waals surface area contributed by atoms with E-state index in [-0.39, 0.29) is 0 Å². The van der Waals surface area contributed by atoms with Gasteiger partial charge in [-0.3, -0.25) is 4.79 Å². The van der Waals surface area contributed by atoms with Gasteiger partial charge in [0.1, 0.15) is 0 Å². The third-order valence-electron chi connectivity index (χ3n) is 4.03. The van der Waals surface area contributed by atoms with Crippen molar-refractivity contribution >= 4 is 5.91 Å². The monoisotopic (exact) mass is 245 g/mol. The Morgan fingerprint density at radius 3 is 2.61 bits per heavy atom. The Labute approximate surface area is 110 Å². The van der Waals surface area contributed by atoms with Crippen molar-refractivity contribution in [1.29, 1.82) is 0 Å². The number of rotatable bonds is 4. The maximum Gasteiger partial charge on any atom is 0.222 e. The van der Waals surface area contributed by atoms with Gasteiger partial charge < -0.3 is 4.90 Å². The minimum Gasteiger partial charge on any atom is -0.341 e. The zero-order valence-corrected chi connectivity index (χ0v) is 11.5. The molecule has 0 atom stereocenters. The molecule has 0 radical (unpaired) electrons. The quantitative estimate of drug-likeness (QED) is 0.794. The molecule has 0 aliphatic heterocycles. The van der Waals surface area contributed by atoms with Crippen LogP contribution in [0.25, 0.3) is 0 Å². The Balaban J connectivity index is 1.89. The normalized spacial score (nSPS) is 15.9. The van der Waals surface area contributed by atoms with Crippen LogP contribution >= 0.6 is 0 Å². The molecule has 18 heavy (non-hydrogen) atoms. The van der Waals surface area contributed by atoms with Crippen molar-refractivity contribution in [3.63, 3.8) is 0 Å². The van der Waals surface area contributed by atoms with Crippen LogP contribution in [-0.4, -0.2) is 17.9 Å². The molecule has 1 amide bonds. The molecule has 0 N–H and O–H groups in total. The van der Waals surface area contributed by atoms with E-state index < -0.39 is 0 Å². The molecule has 0 heterocycles. The van der Waals surface area contributed by atoms with Crippen molar-refractivity contribution in [3.8, 4) is 0 Å². The SMILES string of the molecule is Cc1ccccc1CN(C)C(=O)CC1CCCC1. The number of benzene rings is 1. The van der Waals surface area contributed by atoms with Crippen LogP contribution in [0.15, 0.2) is 24.3 Å². The lowest BCUT2D eigenvalue weighted by Crippen LogP contribution is -2.27. The molecule has 0 unspecified atom stereocenters. The van der Waals surface area contributed by atoms with Crippen LogP contribution < -0.4 is 0 Å². The van der Waals surface area contributed by atoms with Gasteiger partial charge in [-0.15, -0.1) is 0 Å². The second-order valence-electron chi connectivity index (χ2n) is 5.53. The molecule has 2 heteroatoms. The van der Waals surface area contributed by atoms with E-state index in [0.29, 0.717) is 11.8 Å². The lowest BCUT2D eigenvalue weighted by Gasteiger charge is -2.20. The van der Waals surface area contributed by atoms with Crippen molar-refractivity contribution < 1.29 is 4.79 Å². The molecule has 1 saturated carbocycles. The second kappa shape index (κ2) is 6.03. The number of aryl methyl sites for hydroxylation is 1. The van der Waals surface area contributed by atoms with Gasteiger partial charge in [0, 0.05) is 20.0 Å². The number of carbonyl (C=O) groups is 1. The largest absolute Gasteiger partial charge is 0.341 e. The molecule has 2 rings (SSSR count). The highest BCUT2D eigenvalue weighted by Crippen LogP contribution is 2.28. The zero-order chi connectivity index (χ0) is 13.0. The number of hydrogen-bond acceptors (Lipinski definition) is 1. The van der Waals surface area contributed by atoms with Crippen LogP contribution in [0.5, 0.6) is 0 Å². The summed E-state index contributed by atoms with van der Waals surface area (Å²) in [6.45, 7) is 2.84. The molecule has 1 fully saturated rings. The van der Waals surface area contributed by atoms with E-state index in [1.54, 1.807) is 0 Å². The fourth-order valence-electron chi connectivity index (χ4n) is 2.75. The summed E-state index contributed by atoms with van der Waals surface area (Å²) >= 11 is 0. The van der Waals surface area contributed by atoms with Crippen LogP contribution in [0, 0.1) is 12.8 Å². The van der Waals surface area contributed by atoms with Crippen LogP contribution in [0.2, 0.25) is 0 Å². The van der Waals surface area contributed by atoms with E-state index in [1.807, 2.05) is 24.1 Å². The predicted molar refractivity (Wildman–Crippen MR) is 74.2 cm³/mol. The number of nitrogens with zero attached hydrogens (tertiary/aromatic N) is 1. The molecule has 0 spiro atoms. The van der Waals surface area contributed by atoms with Gasteiger partial charge in [-0.05, 0) is 36.8 Å². The molecule has 0 aromatic heterocycles. The molecule has 0 saturated heterocycles. The maximum absolute atomic E-state index is 12.1. The van der Waals surface area contributed by atoms with Crippen LogP contribution in [-0.2, 0) is 11.3 Å². The van der Waals surface area contributed by atoms with E-state index in [2.05, 4.69) is 19.1 Å². The van der Waals surface area contributed by atoms with E-state index >= 15 is 0 Å². The van der Waals surface area contributed by atoms with Gasteiger partial charge in [0.25, 0.3) is 0 Å². The highest BCUT2D eigenvalue weighted by molar-refractivity contribution is 5.76. The third kappa shape index (κ3) is 3.34. The minimum absolute atomic E-state index is 0.296. The Morgan fingerprint density at radius 1 is 1.28 bits per heavy atom. The first-order chi connectivity index (χ1) is 8.66. The summed E-state index contributed by atoms with van der Waals surface area (Å²) in [6, 6.07) is 8.29. The molecule has 1 aliphatic rings. The molecule has 1 aromatic carbocycles. The summed E-state index contributed by atoms with van der Waals surface area (Å²) in [5.41, 5.74) is 2.51. The molecule has 1 aliphatic carbocycles. The van der Waals surface area contributed by atoms with Crippen molar-refractivity contribution in [1.82, 2.24) is 4.90 Å². The fraction of sp³-hybridized carbons (Fsp3) is 0.562. The van der Waals surface area contributed by atoms with Crippen molar-refractivity contribution in [2.45, 2.75) is 45.6 Å².